The maximum absolute atomic E-state index is 12.0. The zero-order valence-corrected chi connectivity index (χ0v) is 12.2. The lowest BCUT2D eigenvalue weighted by Gasteiger charge is -2.32. The molecule has 1 fully saturated rings. The minimum absolute atomic E-state index is 0.121. The minimum atomic E-state index is -0.822. The van der Waals surface area contributed by atoms with Crippen LogP contribution in [0, 0.1) is 5.92 Å². The first-order valence-corrected chi connectivity index (χ1v) is 7.17. The van der Waals surface area contributed by atoms with Gasteiger partial charge >= 0.3 is 5.97 Å². The van der Waals surface area contributed by atoms with Crippen LogP contribution in [-0.2, 0) is 4.79 Å². The fourth-order valence-corrected chi connectivity index (χ4v) is 2.46. The highest BCUT2D eigenvalue weighted by Gasteiger charge is 2.35. The van der Waals surface area contributed by atoms with Crippen molar-refractivity contribution >= 4 is 23.5 Å². The number of aromatic nitrogens is 1. The van der Waals surface area contributed by atoms with Gasteiger partial charge in [-0.15, -0.1) is 0 Å². The van der Waals surface area contributed by atoms with Crippen LogP contribution in [0.25, 0.3) is 11.3 Å². The van der Waals surface area contributed by atoms with Crippen molar-refractivity contribution in [1.82, 2.24) is 10.5 Å². The third-order valence-corrected chi connectivity index (χ3v) is 3.95. The van der Waals surface area contributed by atoms with Crippen LogP contribution in [0.15, 0.2) is 34.9 Å². The Balaban J connectivity index is 1.63. The smallest absolute Gasteiger partial charge is 0.306 e. The summed E-state index contributed by atoms with van der Waals surface area (Å²) in [6.07, 6.45) is 0.895. The Bertz CT molecular complexity index is 705. The molecule has 1 aromatic carbocycles. The number of carboxylic acids is 1. The molecule has 22 heavy (non-hydrogen) atoms. The molecule has 7 heteroatoms. The van der Waals surface area contributed by atoms with Crippen LogP contribution < -0.4 is 5.32 Å². The van der Waals surface area contributed by atoms with E-state index in [1.165, 1.54) is 0 Å². The minimum Gasteiger partial charge on any atom is -0.481 e. The first-order chi connectivity index (χ1) is 10.5. The van der Waals surface area contributed by atoms with Crippen molar-refractivity contribution in [3.05, 3.63) is 41.0 Å². The van der Waals surface area contributed by atoms with E-state index in [1.807, 2.05) is 0 Å². The van der Waals surface area contributed by atoms with Crippen LogP contribution in [0.1, 0.15) is 23.3 Å². The van der Waals surface area contributed by atoms with Crippen LogP contribution in [0.5, 0.6) is 0 Å². The van der Waals surface area contributed by atoms with Gasteiger partial charge in [-0.05, 0) is 37.1 Å². The van der Waals surface area contributed by atoms with E-state index in [1.54, 1.807) is 30.3 Å². The van der Waals surface area contributed by atoms with Crippen LogP contribution in [0.4, 0.5) is 0 Å². The fraction of sp³-hybridized carbons (Fsp3) is 0.267. The number of rotatable bonds is 4. The zero-order chi connectivity index (χ0) is 15.7. The van der Waals surface area contributed by atoms with Gasteiger partial charge in [-0.3, -0.25) is 9.59 Å². The lowest BCUT2D eigenvalue weighted by molar-refractivity contribution is -0.145. The van der Waals surface area contributed by atoms with Crippen molar-refractivity contribution in [2.45, 2.75) is 18.9 Å². The average molecular weight is 321 g/mol. The molecule has 114 valence electrons. The Labute approximate surface area is 131 Å². The molecule has 0 radical (unpaired) electrons. The second-order valence-corrected chi connectivity index (χ2v) is 5.70. The van der Waals surface area contributed by atoms with E-state index in [2.05, 4.69) is 10.5 Å². The lowest BCUT2D eigenvalue weighted by Crippen LogP contribution is -2.46. The SMILES string of the molecule is O=C(NC1CC(C(=O)O)C1)c1cc(-c2ccc(Cl)cc2)on1. The van der Waals surface area contributed by atoms with E-state index in [0.29, 0.717) is 23.6 Å². The molecule has 0 aliphatic heterocycles. The molecular weight excluding hydrogens is 308 g/mol. The van der Waals surface area contributed by atoms with Crippen molar-refractivity contribution in [2.24, 2.45) is 5.92 Å². The number of hydrogen-bond acceptors (Lipinski definition) is 4. The maximum atomic E-state index is 12.0. The van der Waals surface area contributed by atoms with Gasteiger partial charge in [0.1, 0.15) is 0 Å². The van der Waals surface area contributed by atoms with Gasteiger partial charge in [0.25, 0.3) is 5.91 Å². The Morgan fingerprint density at radius 1 is 1.27 bits per heavy atom. The van der Waals surface area contributed by atoms with Crippen molar-refractivity contribution in [3.8, 4) is 11.3 Å². The summed E-state index contributed by atoms with van der Waals surface area (Å²) in [5.74, 6) is -1.08. The number of hydrogen-bond donors (Lipinski definition) is 2. The molecule has 0 atom stereocenters. The number of carboxylic acid groups (broad SMARTS) is 1. The highest BCUT2D eigenvalue weighted by atomic mass is 35.5. The predicted molar refractivity (Wildman–Crippen MR) is 78.6 cm³/mol. The summed E-state index contributed by atoms with van der Waals surface area (Å²) in [5, 5.41) is 15.9. The van der Waals surface area contributed by atoms with Crippen molar-refractivity contribution in [1.29, 1.82) is 0 Å². The molecule has 1 aliphatic rings. The molecule has 0 bridgehead atoms. The van der Waals surface area contributed by atoms with Gasteiger partial charge in [-0.1, -0.05) is 16.8 Å². The Kier molecular flexibility index (Phi) is 3.85. The number of carbonyl (C=O) groups is 2. The normalized spacial score (nSPS) is 20.2. The van der Waals surface area contributed by atoms with Gasteiger partial charge in [-0.2, -0.15) is 0 Å². The van der Waals surface area contributed by atoms with Crippen LogP contribution in [0.2, 0.25) is 5.02 Å². The lowest BCUT2D eigenvalue weighted by atomic mass is 9.80. The van der Waals surface area contributed by atoms with Crippen LogP contribution in [-0.4, -0.2) is 28.2 Å². The first kappa shape index (κ1) is 14.6. The molecule has 1 heterocycles. The summed E-state index contributed by atoms with van der Waals surface area (Å²) < 4.78 is 5.16. The molecule has 1 aliphatic carbocycles. The van der Waals surface area contributed by atoms with Gasteiger partial charge in [0.2, 0.25) is 0 Å². The van der Waals surface area contributed by atoms with E-state index in [4.69, 9.17) is 21.2 Å². The van der Waals surface area contributed by atoms with E-state index < -0.39 is 5.97 Å². The number of nitrogens with zero attached hydrogens (tertiary/aromatic N) is 1. The van der Waals surface area contributed by atoms with E-state index in [9.17, 15) is 9.59 Å². The highest BCUT2D eigenvalue weighted by molar-refractivity contribution is 6.30. The Morgan fingerprint density at radius 3 is 2.59 bits per heavy atom. The summed E-state index contributed by atoms with van der Waals surface area (Å²) >= 11 is 5.82. The van der Waals surface area contributed by atoms with E-state index in [0.717, 1.165) is 5.56 Å². The van der Waals surface area contributed by atoms with Crippen LogP contribution >= 0.6 is 11.6 Å². The van der Waals surface area contributed by atoms with Gasteiger partial charge < -0.3 is 14.9 Å². The third-order valence-electron chi connectivity index (χ3n) is 3.69. The molecule has 3 rings (SSSR count). The summed E-state index contributed by atoms with van der Waals surface area (Å²) in [5.41, 5.74) is 0.939. The third kappa shape index (κ3) is 2.96. The fourth-order valence-electron chi connectivity index (χ4n) is 2.33. The number of halogens is 1. The molecule has 2 N–H and O–H groups in total. The second-order valence-electron chi connectivity index (χ2n) is 5.26. The summed E-state index contributed by atoms with van der Waals surface area (Å²) in [7, 11) is 0. The number of benzene rings is 1. The van der Waals surface area contributed by atoms with Crippen molar-refractivity contribution in [2.75, 3.05) is 0 Å². The first-order valence-electron chi connectivity index (χ1n) is 6.79. The van der Waals surface area contributed by atoms with E-state index >= 15 is 0 Å². The van der Waals surface area contributed by atoms with Crippen molar-refractivity contribution in [3.63, 3.8) is 0 Å². The van der Waals surface area contributed by atoms with Gasteiger partial charge in [-0.25, -0.2) is 0 Å². The van der Waals surface area contributed by atoms with Gasteiger partial charge in [0.15, 0.2) is 11.5 Å². The second kappa shape index (κ2) is 5.81. The predicted octanol–water partition coefficient (Wildman–Crippen LogP) is 2.59. The topological polar surface area (TPSA) is 92.4 Å². The molecule has 1 amide bonds. The largest absolute Gasteiger partial charge is 0.481 e. The molecular formula is C15H13ClN2O4. The molecule has 0 unspecified atom stereocenters. The molecule has 0 saturated heterocycles. The summed E-state index contributed by atoms with van der Waals surface area (Å²) in [6.45, 7) is 0. The Hall–Kier alpha value is -2.34. The maximum Gasteiger partial charge on any atom is 0.306 e. The number of nitrogens with one attached hydrogen (secondary N) is 1. The standard InChI is InChI=1S/C15H13ClN2O4/c16-10-3-1-8(2-4-10)13-7-12(18-22-13)14(19)17-11-5-9(6-11)15(20)21/h1-4,7,9,11H,5-6H2,(H,17,19)(H,20,21). The summed E-state index contributed by atoms with van der Waals surface area (Å²) in [4.78, 5) is 22.7. The summed E-state index contributed by atoms with van der Waals surface area (Å²) in [6, 6.07) is 8.41. The molecule has 0 spiro atoms. The van der Waals surface area contributed by atoms with E-state index in [-0.39, 0.29) is 23.6 Å². The molecule has 6 nitrogen and oxygen atoms in total. The quantitative estimate of drug-likeness (QED) is 0.903. The van der Waals surface area contributed by atoms with Gasteiger partial charge in [0.05, 0.1) is 5.92 Å². The highest BCUT2D eigenvalue weighted by Crippen LogP contribution is 2.28. The Morgan fingerprint density at radius 2 is 1.95 bits per heavy atom. The molecule has 2 aromatic rings. The van der Waals surface area contributed by atoms with Gasteiger partial charge in [0, 0.05) is 22.7 Å². The van der Waals surface area contributed by atoms with Crippen molar-refractivity contribution < 1.29 is 19.2 Å². The number of carbonyl (C=O) groups excluding carboxylic acids is 1. The number of amides is 1. The average Bonchev–Trinajstić information content (AvgIpc) is 2.92. The number of aliphatic carboxylic acids is 1. The van der Waals surface area contributed by atoms with Crippen LogP contribution in [0.3, 0.4) is 0 Å². The zero-order valence-electron chi connectivity index (χ0n) is 11.5. The molecule has 1 aromatic heterocycles. The monoisotopic (exact) mass is 320 g/mol. The molecule has 1 saturated carbocycles.